The molecule has 0 radical (unpaired) electrons. The Kier molecular flexibility index (Phi) is 44.8. The fourth-order valence-electron chi connectivity index (χ4n) is 6.59. The number of aliphatic hydroxyl groups is 1. The van der Waals surface area contributed by atoms with Crippen LogP contribution in [0, 0.1) is 0 Å². The molecule has 2 N–H and O–H groups in total. The summed E-state index contributed by atoms with van der Waals surface area (Å²) < 4.78 is 23.1. The number of hydrogen-bond acceptors (Lipinski definition) is 6. The molecule has 0 bridgehead atoms. The number of likely N-dealkylation sites (N-methyl/N-ethyl adjacent to an activating group) is 1. The standard InChI is InChI=1S/C57H97N2O6P/c1-6-8-10-12-14-16-17-18-19-20-21-22-23-24-25-26-27-28-29-30-31-32-33-34-35-36-37-38-39-40-41-43-45-47-49-51-57(61)58-55(54-65-66(62,63)64-53-52-59(3,4)5)56(60)50-48-46-44-42-15-13-11-9-7-2/h8,10,14-16,18-19,21-22,24-25,27-28,30-31,33-34,42,48,50,55-56,60H,6-7,9,11-13,17,20,23,26,29,32,35-41,43-47,49,51-54H2,1-5H3,(H-,58,61,62,63)/b10-8-,16-14-,19-18-,22-21-,25-24-,28-27-,31-30-,34-33-,42-15+,50-48+. The molecule has 0 heterocycles. The summed E-state index contributed by atoms with van der Waals surface area (Å²) in [5, 5.41) is 13.7. The van der Waals surface area contributed by atoms with Gasteiger partial charge in [-0.3, -0.25) is 9.36 Å². The van der Waals surface area contributed by atoms with E-state index in [0.717, 1.165) is 96.3 Å². The van der Waals surface area contributed by atoms with Crippen LogP contribution >= 0.6 is 7.82 Å². The molecular weight excluding hydrogens is 840 g/mol. The van der Waals surface area contributed by atoms with E-state index in [2.05, 4.69) is 129 Å². The highest BCUT2D eigenvalue weighted by atomic mass is 31.2. The molecule has 0 rings (SSSR count). The van der Waals surface area contributed by atoms with Gasteiger partial charge in [-0.2, -0.15) is 0 Å². The van der Waals surface area contributed by atoms with E-state index in [9.17, 15) is 19.4 Å². The van der Waals surface area contributed by atoms with E-state index < -0.39 is 26.6 Å². The van der Waals surface area contributed by atoms with Crippen molar-refractivity contribution in [2.75, 3.05) is 40.9 Å². The lowest BCUT2D eigenvalue weighted by Gasteiger charge is -2.29. The molecule has 8 nitrogen and oxygen atoms in total. The highest BCUT2D eigenvalue weighted by Crippen LogP contribution is 2.38. The summed E-state index contributed by atoms with van der Waals surface area (Å²) in [7, 11) is 1.22. The lowest BCUT2D eigenvalue weighted by Crippen LogP contribution is -2.45. The fraction of sp³-hybridized carbons (Fsp3) is 0.632. The summed E-state index contributed by atoms with van der Waals surface area (Å²) in [5.74, 6) is -0.221. The molecule has 0 aromatic heterocycles. The summed E-state index contributed by atoms with van der Waals surface area (Å²) in [5.41, 5.74) is 0. The Morgan fingerprint density at radius 2 is 0.939 bits per heavy atom. The Labute approximate surface area is 405 Å². The Hall–Kier alpha value is -3.10. The molecule has 0 aliphatic rings. The van der Waals surface area contributed by atoms with Crippen LogP contribution in [-0.2, 0) is 18.4 Å². The molecule has 0 fully saturated rings. The molecule has 3 atom stereocenters. The number of phosphoric ester groups is 1. The molecule has 1 amide bonds. The second-order valence-corrected chi connectivity index (χ2v) is 19.5. The van der Waals surface area contributed by atoms with Gasteiger partial charge in [-0.15, -0.1) is 0 Å². The molecule has 3 unspecified atom stereocenters. The third-order valence-electron chi connectivity index (χ3n) is 10.7. The van der Waals surface area contributed by atoms with Crippen LogP contribution in [0.1, 0.15) is 181 Å². The number of hydrogen-bond donors (Lipinski definition) is 2. The van der Waals surface area contributed by atoms with Gasteiger partial charge in [0.05, 0.1) is 39.9 Å². The maximum absolute atomic E-state index is 12.9. The zero-order valence-electron chi connectivity index (χ0n) is 42.6. The van der Waals surface area contributed by atoms with E-state index in [1.54, 1.807) is 6.08 Å². The number of aliphatic hydroxyl groups excluding tert-OH is 1. The van der Waals surface area contributed by atoms with Gasteiger partial charge in [-0.05, 0) is 96.3 Å². The first-order valence-corrected chi connectivity index (χ1v) is 27.4. The number of amides is 1. The van der Waals surface area contributed by atoms with E-state index in [4.69, 9.17) is 9.05 Å². The van der Waals surface area contributed by atoms with Gasteiger partial charge in [0.2, 0.25) is 5.91 Å². The molecule has 0 saturated carbocycles. The maximum Gasteiger partial charge on any atom is 0.268 e. The molecule has 0 saturated heterocycles. The normalized spacial score (nSPS) is 15.1. The number of carbonyl (C=O) groups excluding carboxylic acids is 1. The van der Waals surface area contributed by atoms with Crippen molar-refractivity contribution in [2.45, 2.75) is 193 Å². The number of phosphoric acid groups is 1. The van der Waals surface area contributed by atoms with E-state index in [1.165, 1.54) is 64.2 Å². The largest absolute Gasteiger partial charge is 0.756 e. The molecule has 0 aromatic carbocycles. The highest BCUT2D eigenvalue weighted by molar-refractivity contribution is 7.45. The second kappa shape index (κ2) is 47.0. The maximum atomic E-state index is 12.9. The molecule has 9 heteroatoms. The molecule has 66 heavy (non-hydrogen) atoms. The first-order valence-electron chi connectivity index (χ1n) is 25.9. The van der Waals surface area contributed by atoms with Crippen LogP contribution in [0.15, 0.2) is 122 Å². The number of unbranched alkanes of at least 4 members (excludes halogenated alkanes) is 14. The number of rotatable bonds is 45. The quantitative estimate of drug-likeness (QED) is 0.0273. The van der Waals surface area contributed by atoms with Crippen LogP contribution in [0.3, 0.4) is 0 Å². The van der Waals surface area contributed by atoms with Gasteiger partial charge in [0, 0.05) is 6.42 Å². The Morgan fingerprint density at radius 3 is 1.41 bits per heavy atom. The van der Waals surface area contributed by atoms with Crippen LogP contribution in [0.5, 0.6) is 0 Å². The predicted octanol–water partition coefficient (Wildman–Crippen LogP) is 14.8. The topological polar surface area (TPSA) is 108 Å². The van der Waals surface area contributed by atoms with Gasteiger partial charge in [-0.1, -0.05) is 200 Å². The average molecular weight is 937 g/mol. The van der Waals surface area contributed by atoms with E-state index in [1.807, 2.05) is 27.2 Å². The van der Waals surface area contributed by atoms with Gasteiger partial charge in [0.1, 0.15) is 13.2 Å². The molecule has 0 aromatic rings. The van der Waals surface area contributed by atoms with Crippen molar-refractivity contribution in [2.24, 2.45) is 0 Å². The smallest absolute Gasteiger partial charge is 0.268 e. The van der Waals surface area contributed by atoms with Crippen molar-refractivity contribution in [3.63, 3.8) is 0 Å². The van der Waals surface area contributed by atoms with Gasteiger partial charge < -0.3 is 28.8 Å². The summed E-state index contributed by atoms with van der Waals surface area (Å²) in [6.45, 7) is 4.42. The van der Waals surface area contributed by atoms with Crippen molar-refractivity contribution >= 4 is 13.7 Å². The minimum absolute atomic E-state index is 0.0136. The monoisotopic (exact) mass is 937 g/mol. The summed E-state index contributed by atoms with van der Waals surface area (Å²) in [4.78, 5) is 25.3. The van der Waals surface area contributed by atoms with Gasteiger partial charge in [0.15, 0.2) is 0 Å². The third kappa shape index (κ3) is 48.8. The number of quaternary nitrogens is 1. The fourth-order valence-corrected chi connectivity index (χ4v) is 7.32. The number of allylic oxidation sites excluding steroid dienone is 19. The van der Waals surface area contributed by atoms with E-state index >= 15 is 0 Å². The molecular formula is C57H97N2O6P. The van der Waals surface area contributed by atoms with Crippen molar-refractivity contribution in [1.29, 1.82) is 0 Å². The Bertz CT molecular complexity index is 1480. The van der Waals surface area contributed by atoms with E-state index in [-0.39, 0.29) is 12.5 Å². The Morgan fingerprint density at radius 1 is 0.545 bits per heavy atom. The van der Waals surface area contributed by atoms with Crippen molar-refractivity contribution < 1.29 is 32.9 Å². The zero-order chi connectivity index (χ0) is 48.5. The minimum Gasteiger partial charge on any atom is -0.756 e. The molecule has 0 aliphatic heterocycles. The van der Waals surface area contributed by atoms with Crippen molar-refractivity contribution in [3.8, 4) is 0 Å². The lowest BCUT2D eigenvalue weighted by molar-refractivity contribution is -0.870. The van der Waals surface area contributed by atoms with Crippen molar-refractivity contribution in [1.82, 2.24) is 5.32 Å². The van der Waals surface area contributed by atoms with Crippen LogP contribution in [0.2, 0.25) is 0 Å². The summed E-state index contributed by atoms with van der Waals surface area (Å²) >= 11 is 0. The summed E-state index contributed by atoms with van der Waals surface area (Å²) in [6, 6.07) is -0.911. The average Bonchev–Trinajstić information content (AvgIpc) is 3.28. The SMILES string of the molecule is CC/C=C\C/C=C\C/C=C\C/C=C\C/C=C\C/C=C\C/C=C\C/C=C\CCCCCCCCCCCCC(=O)NC(COP(=O)([O-])OCC[N+](C)(C)C)C(O)/C=C/CC/C=C/CCCCC. The number of nitrogens with zero attached hydrogens (tertiary/aromatic N) is 1. The van der Waals surface area contributed by atoms with Crippen LogP contribution in [-0.4, -0.2) is 68.5 Å². The minimum atomic E-state index is -4.60. The van der Waals surface area contributed by atoms with Crippen LogP contribution < -0.4 is 10.2 Å². The number of carbonyl (C=O) groups is 1. The van der Waals surface area contributed by atoms with E-state index in [0.29, 0.717) is 17.4 Å². The van der Waals surface area contributed by atoms with Crippen molar-refractivity contribution in [3.05, 3.63) is 122 Å². The Balaban J connectivity index is 4.10. The first-order chi connectivity index (χ1) is 32.0. The van der Waals surface area contributed by atoms with Gasteiger partial charge in [0.25, 0.3) is 7.82 Å². The molecule has 0 aliphatic carbocycles. The van der Waals surface area contributed by atoms with Crippen LogP contribution in [0.25, 0.3) is 0 Å². The number of nitrogens with one attached hydrogen (secondary N) is 1. The molecule has 376 valence electrons. The highest BCUT2D eigenvalue weighted by Gasteiger charge is 2.23. The first kappa shape index (κ1) is 62.9. The van der Waals surface area contributed by atoms with Gasteiger partial charge >= 0.3 is 0 Å². The lowest BCUT2D eigenvalue weighted by atomic mass is 10.0. The predicted molar refractivity (Wildman–Crippen MR) is 283 cm³/mol. The third-order valence-corrected chi connectivity index (χ3v) is 11.6. The zero-order valence-corrected chi connectivity index (χ0v) is 43.5. The molecule has 0 spiro atoms. The summed E-state index contributed by atoms with van der Waals surface area (Å²) in [6.07, 6.45) is 70.0. The second-order valence-electron chi connectivity index (χ2n) is 18.1. The van der Waals surface area contributed by atoms with Gasteiger partial charge in [-0.25, -0.2) is 0 Å². The van der Waals surface area contributed by atoms with Crippen LogP contribution in [0.4, 0.5) is 0 Å².